The van der Waals surface area contributed by atoms with Crippen molar-refractivity contribution in [1.82, 2.24) is 10.2 Å². The number of ether oxygens (including phenoxy) is 2. The lowest BCUT2D eigenvalue weighted by Crippen LogP contribution is -2.52. The van der Waals surface area contributed by atoms with Gasteiger partial charge in [-0.15, -0.1) is 0 Å². The number of aryl methyl sites for hydroxylation is 1. The Morgan fingerprint density at radius 1 is 1.00 bits per heavy atom. The van der Waals surface area contributed by atoms with Gasteiger partial charge in [0, 0.05) is 37.9 Å². The van der Waals surface area contributed by atoms with Crippen LogP contribution in [-0.4, -0.2) is 56.9 Å². The number of amides is 2. The van der Waals surface area contributed by atoms with Gasteiger partial charge in [-0.25, -0.2) is 4.79 Å². The van der Waals surface area contributed by atoms with Crippen molar-refractivity contribution in [3.63, 3.8) is 0 Å². The van der Waals surface area contributed by atoms with Gasteiger partial charge in [-0.05, 0) is 43.7 Å². The van der Waals surface area contributed by atoms with Gasteiger partial charge in [0.1, 0.15) is 18.1 Å². The van der Waals surface area contributed by atoms with Crippen molar-refractivity contribution in [2.45, 2.75) is 13.8 Å². The van der Waals surface area contributed by atoms with E-state index in [0.29, 0.717) is 19.8 Å². The van der Waals surface area contributed by atoms with E-state index in [0.717, 1.165) is 37.7 Å². The second-order valence-electron chi connectivity index (χ2n) is 6.80. The number of urea groups is 1. The first-order valence-electron chi connectivity index (χ1n) is 9.86. The Hall–Kier alpha value is -2.89. The number of carbonyl (C=O) groups is 1. The molecule has 1 aliphatic heterocycles. The highest BCUT2D eigenvalue weighted by Crippen LogP contribution is 2.19. The van der Waals surface area contributed by atoms with Crippen LogP contribution < -0.4 is 19.7 Å². The Morgan fingerprint density at radius 3 is 2.43 bits per heavy atom. The summed E-state index contributed by atoms with van der Waals surface area (Å²) in [4.78, 5) is 16.6. The number of piperazine rings is 1. The molecule has 1 N–H and O–H groups in total. The van der Waals surface area contributed by atoms with E-state index in [1.54, 1.807) is 0 Å². The maximum atomic E-state index is 12.4. The maximum absolute atomic E-state index is 12.4. The molecule has 6 nitrogen and oxygen atoms in total. The van der Waals surface area contributed by atoms with Crippen molar-refractivity contribution in [3.8, 4) is 11.5 Å². The minimum absolute atomic E-state index is 0.0319. The number of anilines is 1. The van der Waals surface area contributed by atoms with Gasteiger partial charge in [0.2, 0.25) is 0 Å². The van der Waals surface area contributed by atoms with Crippen LogP contribution in [0.25, 0.3) is 0 Å². The van der Waals surface area contributed by atoms with Crippen LogP contribution in [0.5, 0.6) is 11.5 Å². The molecule has 28 heavy (non-hydrogen) atoms. The second kappa shape index (κ2) is 9.88. The van der Waals surface area contributed by atoms with Crippen LogP contribution in [0.2, 0.25) is 0 Å². The molecule has 2 amide bonds. The molecule has 0 bridgehead atoms. The average molecular weight is 383 g/mol. The molecule has 2 aromatic carbocycles. The summed E-state index contributed by atoms with van der Waals surface area (Å²) in [5, 5.41) is 2.94. The monoisotopic (exact) mass is 383 g/mol. The molecule has 150 valence electrons. The fourth-order valence-electron chi connectivity index (χ4n) is 3.25. The van der Waals surface area contributed by atoms with Crippen molar-refractivity contribution in [3.05, 3.63) is 54.1 Å². The first-order valence-corrected chi connectivity index (χ1v) is 9.86. The number of nitrogens with zero attached hydrogens (tertiary/aromatic N) is 2. The molecule has 0 unspecified atom stereocenters. The average Bonchev–Trinajstić information content (AvgIpc) is 2.72. The largest absolute Gasteiger partial charge is 0.494 e. The summed E-state index contributed by atoms with van der Waals surface area (Å²) in [6.45, 7) is 8.69. The zero-order valence-electron chi connectivity index (χ0n) is 16.7. The third-order valence-corrected chi connectivity index (χ3v) is 4.70. The summed E-state index contributed by atoms with van der Waals surface area (Å²) >= 11 is 0. The van der Waals surface area contributed by atoms with Crippen molar-refractivity contribution >= 4 is 11.7 Å². The van der Waals surface area contributed by atoms with Gasteiger partial charge in [-0.1, -0.05) is 18.2 Å². The normalized spacial score (nSPS) is 13.9. The quantitative estimate of drug-likeness (QED) is 0.746. The molecule has 2 aromatic rings. The molecule has 3 rings (SSSR count). The number of hydrogen-bond donors (Lipinski definition) is 1. The lowest BCUT2D eigenvalue weighted by Gasteiger charge is -2.36. The number of hydrogen-bond acceptors (Lipinski definition) is 4. The Kier molecular flexibility index (Phi) is 7.00. The molecule has 1 fully saturated rings. The van der Waals surface area contributed by atoms with Crippen LogP contribution in [0.3, 0.4) is 0 Å². The number of rotatable bonds is 7. The summed E-state index contributed by atoms with van der Waals surface area (Å²) in [5.74, 6) is 1.53. The Balaban J connectivity index is 1.37. The molecule has 0 radical (unpaired) electrons. The highest BCUT2D eigenvalue weighted by molar-refractivity contribution is 5.74. The molecular weight excluding hydrogens is 354 g/mol. The summed E-state index contributed by atoms with van der Waals surface area (Å²) < 4.78 is 11.2. The number of benzene rings is 2. The smallest absolute Gasteiger partial charge is 0.317 e. The van der Waals surface area contributed by atoms with Gasteiger partial charge in [-0.2, -0.15) is 0 Å². The van der Waals surface area contributed by atoms with Crippen molar-refractivity contribution < 1.29 is 14.3 Å². The predicted octanol–water partition coefficient (Wildman–Crippen LogP) is 3.30. The maximum Gasteiger partial charge on any atom is 0.317 e. The molecule has 6 heteroatoms. The number of carbonyl (C=O) groups excluding carboxylic acids is 1. The topological polar surface area (TPSA) is 54.0 Å². The summed E-state index contributed by atoms with van der Waals surface area (Å²) in [5.41, 5.74) is 2.48. The van der Waals surface area contributed by atoms with Gasteiger partial charge >= 0.3 is 6.03 Å². The molecule has 1 saturated heterocycles. The second-order valence-corrected chi connectivity index (χ2v) is 6.80. The van der Waals surface area contributed by atoms with E-state index in [-0.39, 0.29) is 6.03 Å². The molecule has 0 spiro atoms. The first-order chi connectivity index (χ1) is 13.7. The highest BCUT2D eigenvalue weighted by atomic mass is 16.5. The molecule has 0 aliphatic carbocycles. The summed E-state index contributed by atoms with van der Waals surface area (Å²) in [6.07, 6.45) is 0. The van der Waals surface area contributed by atoms with Gasteiger partial charge in [0.05, 0.1) is 13.2 Å². The van der Waals surface area contributed by atoms with E-state index in [1.165, 1.54) is 11.3 Å². The van der Waals surface area contributed by atoms with Crippen LogP contribution in [-0.2, 0) is 0 Å². The summed E-state index contributed by atoms with van der Waals surface area (Å²) in [6, 6.07) is 16.0. The Morgan fingerprint density at radius 2 is 1.71 bits per heavy atom. The van der Waals surface area contributed by atoms with E-state index in [2.05, 4.69) is 41.4 Å². The highest BCUT2D eigenvalue weighted by Gasteiger charge is 2.21. The van der Waals surface area contributed by atoms with Crippen LogP contribution in [0, 0.1) is 6.92 Å². The van der Waals surface area contributed by atoms with E-state index >= 15 is 0 Å². The Bertz CT molecular complexity index is 773. The first kappa shape index (κ1) is 19.9. The van der Waals surface area contributed by atoms with Crippen molar-refractivity contribution in [2.24, 2.45) is 0 Å². The molecule has 0 saturated carbocycles. The van der Waals surface area contributed by atoms with Gasteiger partial charge < -0.3 is 24.6 Å². The predicted molar refractivity (Wildman–Crippen MR) is 111 cm³/mol. The van der Waals surface area contributed by atoms with Crippen LogP contribution in [0.4, 0.5) is 10.5 Å². The zero-order valence-corrected chi connectivity index (χ0v) is 16.7. The lowest BCUT2D eigenvalue weighted by atomic mass is 10.2. The van der Waals surface area contributed by atoms with Gasteiger partial charge in [0.15, 0.2) is 0 Å². The fourth-order valence-corrected chi connectivity index (χ4v) is 3.25. The van der Waals surface area contributed by atoms with Crippen molar-refractivity contribution in [1.29, 1.82) is 0 Å². The molecular formula is C22H29N3O3. The van der Waals surface area contributed by atoms with E-state index < -0.39 is 0 Å². The van der Waals surface area contributed by atoms with Crippen molar-refractivity contribution in [2.75, 3.05) is 50.8 Å². The van der Waals surface area contributed by atoms with Crippen LogP contribution >= 0.6 is 0 Å². The lowest BCUT2D eigenvalue weighted by molar-refractivity contribution is 0.191. The van der Waals surface area contributed by atoms with Crippen LogP contribution in [0.15, 0.2) is 48.5 Å². The SMILES string of the molecule is CCOc1cccc(OCCNC(=O)N2CCN(c3cccc(C)c3)CC2)c1. The zero-order chi connectivity index (χ0) is 19.8. The molecule has 1 heterocycles. The third kappa shape index (κ3) is 5.55. The molecule has 1 aliphatic rings. The Labute approximate surface area is 167 Å². The molecule has 0 atom stereocenters. The van der Waals surface area contributed by atoms with Crippen LogP contribution in [0.1, 0.15) is 12.5 Å². The molecule has 0 aromatic heterocycles. The third-order valence-electron chi connectivity index (χ3n) is 4.70. The van der Waals surface area contributed by atoms with E-state index in [9.17, 15) is 4.79 Å². The van der Waals surface area contributed by atoms with E-state index in [1.807, 2.05) is 36.1 Å². The van der Waals surface area contributed by atoms with E-state index in [4.69, 9.17) is 9.47 Å². The minimum Gasteiger partial charge on any atom is -0.494 e. The standard InChI is InChI=1S/C22H29N3O3/c1-3-27-20-8-5-9-21(17-20)28-15-10-23-22(26)25-13-11-24(12-14-25)19-7-4-6-18(2)16-19/h4-9,16-17H,3,10-15H2,1-2H3,(H,23,26). The van der Waals surface area contributed by atoms with Gasteiger partial charge in [-0.3, -0.25) is 0 Å². The summed E-state index contributed by atoms with van der Waals surface area (Å²) in [7, 11) is 0. The fraction of sp³-hybridized carbons (Fsp3) is 0.409. The van der Waals surface area contributed by atoms with Gasteiger partial charge in [0.25, 0.3) is 0 Å². The minimum atomic E-state index is -0.0319. The number of nitrogens with one attached hydrogen (secondary N) is 1.